The van der Waals surface area contributed by atoms with Gasteiger partial charge < -0.3 is 29.2 Å². The van der Waals surface area contributed by atoms with Crippen molar-refractivity contribution in [3.8, 4) is 11.5 Å². The third-order valence-corrected chi connectivity index (χ3v) is 3.23. The third-order valence-electron chi connectivity index (χ3n) is 3.23. The second-order valence-corrected chi connectivity index (χ2v) is 5.23. The van der Waals surface area contributed by atoms with Crippen LogP contribution in [0.4, 0.5) is 0 Å². The molecular formula is C18H20O8. The molecule has 2 N–H and O–H groups in total. The molecule has 0 spiro atoms. The SMILES string of the molecule is O=C(O)COCCOc1cc(OCCOCC(=O)O)c2ccccc2c1. The van der Waals surface area contributed by atoms with Gasteiger partial charge in [-0.05, 0) is 11.5 Å². The van der Waals surface area contributed by atoms with Crippen LogP contribution in [0.15, 0.2) is 36.4 Å². The van der Waals surface area contributed by atoms with Gasteiger partial charge in [0.1, 0.15) is 37.9 Å². The van der Waals surface area contributed by atoms with Crippen LogP contribution in [0.1, 0.15) is 0 Å². The van der Waals surface area contributed by atoms with Crippen LogP contribution in [0, 0.1) is 0 Å². The molecule has 0 fully saturated rings. The number of carbonyl (C=O) groups is 2. The Morgan fingerprint density at radius 1 is 0.808 bits per heavy atom. The van der Waals surface area contributed by atoms with Crippen molar-refractivity contribution in [2.75, 3.05) is 39.6 Å². The molecule has 0 saturated carbocycles. The van der Waals surface area contributed by atoms with Crippen molar-refractivity contribution in [1.29, 1.82) is 0 Å². The molecular weight excluding hydrogens is 344 g/mol. The first-order valence-electron chi connectivity index (χ1n) is 7.93. The van der Waals surface area contributed by atoms with Gasteiger partial charge in [0.2, 0.25) is 0 Å². The van der Waals surface area contributed by atoms with Crippen LogP contribution in [0.5, 0.6) is 11.5 Å². The monoisotopic (exact) mass is 364 g/mol. The third kappa shape index (κ3) is 6.58. The van der Waals surface area contributed by atoms with E-state index in [4.69, 9.17) is 29.2 Å². The minimum absolute atomic E-state index is 0.148. The molecule has 0 atom stereocenters. The number of hydrogen-bond donors (Lipinski definition) is 2. The van der Waals surface area contributed by atoms with E-state index in [1.54, 1.807) is 6.07 Å². The molecule has 2 rings (SSSR count). The van der Waals surface area contributed by atoms with Gasteiger partial charge in [-0.25, -0.2) is 9.59 Å². The molecule has 8 nitrogen and oxygen atoms in total. The smallest absolute Gasteiger partial charge is 0.329 e. The lowest BCUT2D eigenvalue weighted by Gasteiger charge is -2.13. The zero-order valence-corrected chi connectivity index (χ0v) is 14.1. The lowest BCUT2D eigenvalue weighted by atomic mass is 10.1. The van der Waals surface area contributed by atoms with Crippen LogP contribution in [0.2, 0.25) is 0 Å². The van der Waals surface area contributed by atoms with Gasteiger partial charge in [-0.15, -0.1) is 0 Å². The Hall–Kier alpha value is -2.84. The van der Waals surface area contributed by atoms with E-state index in [0.29, 0.717) is 11.5 Å². The van der Waals surface area contributed by atoms with Gasteiger partial charge in [-0.3, -0.25) is 0 Å². The molecule has 2 aromatic carbocycles. The molecule has 0 aliphatic heterocycles. The molecule has 26 heavy (non-hydrogen) atoms. The predicted molar refractivity (Wildman–Crippen MR) is 91.8 cm³/mol. The first kappa shape index (κ1) is 19.5. The number of carboxylic acids is 2. The fourth-order valence-electron chi connectivity index (χ4n) is 2.20. The molecule has 0 saturated heterocycles. The van der Waals surface area contributed by atoms with Crippen LogP contribution < -0.4 is 9.47 Å². The van der Waals surface area contributed by atoms with Crippen molar-refractivity contribution in [1.82, 2.24) is 0 Å². The van der Waals surface area contributed by atoms with E-state index in [0.717, 1.165) is 10.8 Å². The highest BCUT2D eigenvalue weighted by Gasteiger charge is 2.07. The largest absolute Gasteiger partial charge is 0.491 e. The van der Waals surface area contributed by atoms with Crippen molar-refractivity contribution in [3.63, 3.8) is 0 Å². The Balaban J connectivity index is 1.95. The maximum absolute atomic E-state index is 10.4. The van der Waals surface area contributed by atoms with Gasteiger partial charge in [0, 0.05) is 11.5 Å². The first-order valence-corrected chi connectivity index (χ1v) is 7.93. The molecule has 8 heteroatoms. The number of fused-ring (bicyclic) bond motifs is 1. The van der Waals surface area contributed by atoms with Crippen LogP contribution in [-0.4, -0.2) is 61.8 Å². The molecule has 0 amide bonds. The van der Waals surface area contributed by atoms with E-state index >= 15 is 0 Å². The van der Waals surface area contributed by atoms with Gasteiger partial charge in [0.15, 0.2) is 0 Å². The number of carboxylic acid groups (broad SMARTS) is 2. The van der Waals surface area contributed by atoms with E-state index in [-0.39, 0.29) is 39.6 Å². The van der Waals surface area contributed by atoms with Crippen molar-refractivity contribution < 1.29 is 38.7 Å². The van der Waals surface area contributed by atoms with Crippen LogP contribution >= 0.6 is 0 Å². The topological polar surface area (TPSA) is 112 Å². The highest BCUT2D eigenvalue weighted by molar-refractivity contribution is 5.89. The quantitative estimate of drug-likeness (QED) is 0.549. The van der Waals surface area contributed by atoms with Crippen molar-refractivity contribution >= 4 is 22.7 Å². The summed E-state index contributed by atoms with van der Waals surface area (Å²) in [7, 11) is 0. The summed E-state index contributed by atoms with van der Waals surface area (Å²) in [5, 5.41) is 18.8. The fraction of sp³-hybridized carbons (Fsp3) is 0.333. The lowest BCUT2D eigenvalue weighted by Crippen LogP contribution is -2.13. The van der Waals surface area contributed by atoms with Gasteiger partial charge in [-0.2, -0.15) is 0 Å². The average Bonchev–Trinajstić information content (AvgIpc) is 2.60. The Kier molecular flexibility index (Phi) is 7.66. The van der Waals surface area contributed by atoms with E-state index in [1.165, 1.54) is 0 Å². The van der Waals surface area contributed by atoms with Crippen molar-refractivity contribution in [2.45, 2.75) is 0 Å². The molecule has 0 unspecified atom stereocenters. The molecule has 0 aliphatic carbocycles. The molecule has 0 aliphatic rings. The predicted octanol–water partition coefficient (Wildman–Crippen LogP) is 1.80. The number of benzene rings is 2. The summed E-state index contributed by atoms with van der Waals surface area (Å²) in [6.07, 6.45) is 0. The standard InChI is InChI=1S/C18H20O8/c19-17(20)11-23-5-7-25-14-9-13-3-1-2-4-15(13)16(10-14)26-8-6-24-12-18(21)22/h1-4,9-10H,5-8,11-12H2,(H,19,20)(H,21,22). The molecule has 0 heterocycles. The minimum Gasteiger partial charge on any atom is -0.491 e. The van der Waals surface area contributed by atoms with Gasteiger partial charge >= 0.3 is 11.9 Å². The van der Waals surface area contributed by atoms with Crippen molar-refractivity contribution in [3.05, 3.63) is 36.4 Å². The number of rotatable bonds is 12. The minimum atomic E-state index is -1.03. The zero-order valence-electron chi connectivity index (χ0n) is 14.1. The van der Waals surface area contributed by atoms with E-state index in [9.17, 15) is 9.59 Å². The molecule has 140 valence electrons. The first-order chi connectivity index (χ1) is 12.6. The van der Waals surface area contributed by atoms with Gasteiger partial charge in [0.25, 0.3) is 0 Å². The number of hydrogen-bond acceptors (Lipinski definition) is 6. The Morgan fingerprint density at radius 2 is 1.42 bits per heavy atom. The molecule has 0 radical (unpaired) electrons. The normalized spacial score (nSPS) is 10.6. The van der Waals surface area contributed by atoms with Crippen LogP contribution in [0.3, 0.4) is 0 Å². The second kappa shape index (κ2) is 10.2. The van der Waals surface area contributed by atoms with Crippen LogP contribution in [-0.2, 0) is 19.1 Å². The Labute approximate surface area is 149 Å². The lowest BCUT2D eigenvalue weighted by molar-refractivity contribution is -0.143. The highest BCUT2D eigenvalue weighted by Crippen LogP contribution is 2.31. The summed E-state index contributed by atoms with van der Waals surface area (Å²) < 4.78 is 21.2. The summed E-state index contributed by atoms with van der Waals surface area (Å²) in [5.41, 5.74) is 0. The molecule has 2 aromatic rings. The number of ether oxygens (including phenoxy) is 4. The fourth-order valence-corrected chi connectivity index (χ4v) is 2.20. The Bertz CT molecular complexity index is 743. The van der Waals surface area contributed by atoms with E-state index in [2.05, 4.69) is 0 Å². The van der Waals surface area contributed by atoms with Crippen LogP contribution in [0.25, 0.3) is 10.8 Å². The Morgan fingerprint density at radius 3 is 2.08 bits per heavy atom. The molecule has 0 bridgehead atoms. The highest BCUT2D eigenvalue weighted by atomic mass is 16.5. The summed E-state index contributed by atoms with van der Waals surface area (Å²) in [5.74, 6) is -0.917. The summed E-state index contributed by atoms with van der Waals surface area (Å²) in [4.78, 5) is 20.8. The van der Waals surface area contributed by atoms with Crippen molar-refractivity contribution in [2.24, 2.45) is 0 Å². The summed E-state index contributed by atoms with van der Waals surface area (Å²) in [6, 6.07) is 11.2. The zero-order chi connectivity index (χ0) is 18.8. The number of aliphatic carboxylic acids is 2. The second-order valence-electron chi connectivity index (χ2n) is 5.23. The summed E-state index contributed by atoms with van der Waals surface area (Å²) >= 11 is 0. The molecule has 0 aromatic heterocycles. The summed E-state index contributed by atoms with van der Waals surface area (Å²) in [6.45, 7) is -0.0439. The average molecular weight is 364 g/mol. The van der Waals surface area contributed by atoms with Gasteiger partial charge in [-0.1, -0.05) is 24.3 Å². The maximum atomic E-state index is 10.4. The van der Waals surface area contributed by atoms with E-state index < -0.39 is 11.9 Å². The van der Waals surface area contributed by atoms with Gasteiger partial charge in [0.05, 0.1) is 13.2 Å². The maximum Gasteiger partial charge on any atom is 0.329 e. The van der Waals surface area contributed by atoms with E-state index in [1.807, 2.05) is 30.3 Å².